The van der Waals surface area contributed by atoms with Crippen molar-refractivity contribution in [3.8, 4) is 11.1 Å². The van der Waals surface area contributed by atoms with Crippen molar-refractivity contribution in [2.75, 3.05) is 13.1 Å². The Morgan fingerprint density at radius 2 is 1.72 bits per heavy atom. The number of amidine groups is 1. The van der Waals surface area contributed by atoms with Gasteiger partial charge in [0.2, 0.25) is 5.91 Å². The molecule has 0 aromatic heterocycles. The number of hydrogen-bond acceptors (Lipinski definition) is 4. The Bertz CT molecular complexity index is 924. The Morgan fingerprint density at radius 3 is 2.34 bits per heavy atom. The second kappa shape index (κ2) is 9.52. The normalized spacial score (nSPS) is 13.2. The molecule has 0 bridgehead atoms. The minimum Gasteiger partial charge on any atom is -0.392 e. The van der Waals surface area contributed by atoms with Crippen molar-refractivity contribution in [3.63, 3.8) is 0 Å². The third-order valence-electron chi connectivity index (χ3n) is 5.01. The fraction of sp³-hybridized carbons (Fsp3) is 0.333. The highest BCUT2D eigenvalue weighted by Crippen LogP contribution is 2.32. The van der Waals surface area contributed by atoms with Crippen LogP contribution in [-0.4, -0.2) is 34.8 Å². The summed E-state index contributed by atoms with van der Waals surface area (Å²) in [6.45, 7) is 5.68. The molecule has 1 heterocycles. The van der Waals surface area contributed by atoms with Gasteiger partial charge in [-0.2, -0.15) is 0 Å². The predicted octanol–water partition coefficient (Wildman–Crippen LogP) is 4.27. The lowest BCUT2D eigenvalue weighted by molar-refractivity contribution is -0.127. The zero-order valence-corrected chi connectivity index (χ0v) is 17.2. The predicted molar refractivity (Wildman–Crippen MR) is 119 cm³/mol. The number of carbonyl (C=O) groups excluding carboxylic acids is 1. The lowest BCUT2D eigenvalue weighted by atomic mass is 10.00. The maximum atomic E-state index is 13.1. The summed E-state index contributed by atoms with van der Waals surface area (Å²) < 4.78 is 0. The van der Waals surface area contributed by atoms with Crippen LogP contribution in [0.15, 0.2) is 53.0 Å². The van der Waals surface area contributed by atoms with Gasteiger partial charge in [-0.05, 0) is 41.7 Å². The first-order chi connectivity index (χ1) is 14.0. The largest absolute Gasteiger partial charge is 0.392 e. The molecule has 0 fully saturated rings. The minimum atomic E-state index is 0.0278. The Hall–Kier alpha value is -2.92. The first-order valence-corrected chi connectivity index (χ1v) is 10.2. The molecular weight excluding hydrogens is 362 g/mol. The molecule has 0 spiro atoms. The number of hydrogen-bond donors (Lipinski definition) is 2. The van der Waals surface area contributed by atoms with Crippen molar-refractivity contribution in [1.82, 2.24) is 4.90 Å². The number of nitrogens with zero attached hydrogens (tertiary/aromatic N) is 2. The van der Waals surface area contributed by atoms with E-state index in [0.29, 0.717) is 17.8 Å². The zero-order valence-electron chi connectivity index (χ0n) is 17.2. The fourth-order valence-electron chi connectivity index (χ4n) is 3.57. The first kappa shape index (κ1) is 20.8. The first-order valence-electron chi connectivity index (χ1n) is 10.2. The van der Waals surface area contributed by atoms with E-state index in [1.807, 2.05) is 53.4 Å². The molecule has 1 aliphatic rings. The second-order valence-corrected chi connectivity index (χ2v) is 7.37. The maximum absolute atomic E-state index is 13.1. The van der Waals surface area contributed by atoms with E-state index in [1.165, 1.54) is 0 Å². The molecule has 0 unspecified atom stereocenters. The van der Waals surface area contributed by atoms with Gasteiger partial charge >= 0.3 is 0 Å². The monoisotopic (exact) mass is 391 g/mol. The zero-order chi connectivity index (χ0) is 20.8. The van der Waals surface area contributed by atoms with Crippen molar-refractivity contribution in [2.45, 2.75) is 39.7 Å². The van der Waals surface area contributed by atoms with Gasteiger partial charge < -0.3 is 15.7 Å². The number of rotatable bonds is 7. The summed E-state index contributed by atoms with van der Waals surface area (Å²) in [4.78, 5) is 19.5. The molecule has 0 saturated carbocycles. The Kier molecular flexibility index (Phi) is 6.83. The van der Waals surface area contributed by atoms with Gasteiger partial charge in [-0.1, -0.05) is 50.2 Å². The molecule has 2 aromatic rings. The van der Waals surface area contributed by atoms with Gasteiger partial charge in [-0.15, -0.1) is 0 Å². The summed E-state index contributed by atoms with van der Waals surface area (Å²) in [7, 11) is 0. The van der Waals surface area contributed by atoms with Crippen LogP contribution in [-0.2, 0) is 11.4 Å². The van der Waals surface area contributed by atoms with Gasteiger partial charge in [-0.25, -0.2) is 4.99 Å². The molecule has 29 heavy (non-hydrogen) atoms. The molecule has 5 heteroatoms. The lowest BCUT2D eigenvalue weighted by Crippen LogP contribution is -2.34. The highest BCUT2D eigenvalue weighted by Gasteiger charge is 2.21. The van der Waals surface area contributed by atoms with Gasteiger partial charge in [0.15, 0.2) is 0 Å². The summed E-state index contributed by atoms with van der Waals surface area (Å²) in [5, 5.41) is 9.22. The molecular formula is C24H29N3O2. The van der Waals surface area contributed by atoms with Crippen LogP contribution in [0.3, 0.4) is 0 Å². The van der Waals surface area contributed by atoms with Crippen LogP contribution in [0.2, 0.25) is 0 Å². The number of fused-ring (bicyclic) bond motifs is 1. The number of carbonyl (C=O) groups is 1. The number of aliphatic hydroxyl groups excluding tert-OH is 1. The highest BCUT2D eigenvalue weighted by atomic mass is 16.3. The lowest BCUT2D eigenvalue weighted by Gasteiger charge is -2.22. The topological polar surface area (TPSA) is 78.9 Å². The summed E-state index contributed by atoms with van der Waals surface area (Å²) in [6.07, 6.45) is 4.14. The van der Waals surface area contributed by atoms with Crippen LogP contribution in [0.1, 0.15) is 44.2 Å². The van der Waals surface area contributed by atoms with Gasteiger partial charge in [0.25, 0.3) is 0 Å². The third-order valence-corrected chi connectivity index (χ3v) is 5.01. The van der Waals surface area contributed by atoms with Crippen molar-refractivity contribution >= 4 is 23.5 Å². The highest BCUT2D eigenvalue weighted by molar-refractivity contribution is 6.05. The Labute approximate surface area is 172 Å². The van der Waals surface area contributed by atoms with E-state index in [9.17, 15) is 9.90 Å². The summed E-state index contributed by atoms with van der Waals surface area (Å²) in [5.41, 5.74) is 11.5. The standard InChI is InChI=1S/C24H29N3O2/c1-3-11-27(12-4-2)24(29)21-13-20-10-9-19(14-22(20)26-23(25)15-21)18-7-5-17(16-28)6-8-18/h5-10,13-14,28H,3-4,11-12,15-16H2,1-2H3,(H2,25,26). The van der Waals surface area contributed by atoms with Gasteiger partial charge in [-0.3, -0.25) is 4.79 Å². The van der Waals surface area contributed by atoms with Gasteiger partial charge in [0.05, 0.1) is 12.3 Å². The Balaban J connectivity index is 1.94. The second-order valence-electron chi connectivity index (χ2n) is 7.37. The van der Waals surface area contributed by atoms with E-state index in [0.717, 1.165) is 53.9 Å². The molecule has 3 N–H and O–H groups in total. The summed E-state index contributed by atoms with van der Waals surface area (Å²) in [6, 6.07) is 13.8. The average Bonchev–Trinajstić information content (AvgIpc) is 2.90. The molecule has 152 valence electrons. The summed E-state index contributed by atoms with van der Waals surface area (Å²) in [5.74, 6) is 0.493. The van der Waals surface area contributed by atoms with Crippen LogP contribution in [0, 0.1) is 0 Å². The van der Waals surface area contributed by atoms with Crippen LogP contribution in [0.5, 0.6) is 0 Å². The molecule has 5 nitrogen and oxygen atoms in total. The van der Waals surface area contributed by atoms with E-state index >= 15 is 0 Å². The van der Waals surface area contributed by atoms with Crippen LogP contribution in [0.25, 0.3) is 17.2 Å². The smallest absolute Gasteiger partial charge is 0.250 e. The van der Waals surface area contributed by atoms with Crippen LogP contribution < -0.4 is 5.73 Å². The van der Waals surface area contributed by atoms with Crippen molar-refractivity contribution in [1.29, 1.82) is 0 Å². The molecule has 3 rings (SSSR count). The van der Waals surface area contributed by atoms with E-state index in [-0.39, 0.29) is 12.5 Å². The molecule has 1 amide bonds. The molecule has 0 radical (unpaired) electrons. The van der Waals surface area contributed by atoms with E-state index in [1.54, 1.807) is 0 Å². The van der Waals surface area contributed by atoms with E-state index in [2.05, 4.69) is 18.8 Å². The number of aliphatic hydroxyl groups is 1. The third kappa shape index (κ3) is 4.93. The number of amides is 1. The average molecular weight is 392 g/mol. The number of aliphatic imine (C=N–C) groups is 1. The van der Waals surface area contributed by atoms with Crippen LogP contribution in [0.4, 0.5) is 5.69 Å². The molecule has 0 aliphatic carbocycles. The van der Waals surface area contributed by atoms with Crippen molar-refractivity contribution in [3.05, 3.63) is 59.2 Å². The minimum absolute atomic E-state index is 0.0278. The van der Waals surface area contributed by atoms with Crippen molar-refractivity contribution < 1.29 is 9.90 Å². The number of nitrogens with two attached hydrogens (primary N) is 1. The van der Waals surface area contributed by atoms with Crippen LogP contribution >= 0.6 is 0 Å². The van der Waals surface area contributed by atoms with Gasteiger partial charge in [0.1, 0.15) is 5.84 Å². The fourth-order valence-corrected chi connectivity index (χ4v) is 3.57. The maximum Gasteiger partial charge on any atom is 0.250 e. The van der Waals surface area contributed by atoms with Crippen molar-refractivity contribution in [2.24, 2.45) is 10.7 Å². The summed E-state index contributed by atoms with van der Waals surface area (Å²) >= 11 is 0. The van der Waals surface area contributed by atoms with E-state index in [4.69, 9.17) is 5.73 Å². The quantitative estimate of drug-likeness (QED) is 0.740. The molecule has 2 aromatic carbocycles. The SMILES string of the molecule is CCCN(CCC)C(=O)C1=Cc2ccc(-c3ccc(CO)cc3)cc2N=C(N)C1. The Morgan fingerprint density at radius 1 is 1.07 bits per heavy atom. The molecule has 0 atom stereocenters. The number of benzene rings is 2. The van der Waals surface area contributed by atoms with Gasteiger partial charge in [0, 0.05) is 30.6 Å². The molecule has 1 aliphatic heterocycles. The van der Waals surface area contributed by atoms with E-state index < -0.39 is 0 Å². The molecule has 0 saturated heterocycles.